The normalized spacial score (nSPS) is 14.2. The van der Waals surface area contributed by atoms with E-state index in [1.165, 1.54) is 48.6 Å². The molecule has 1 aromatic carbocycles. The Hall–Kier alpha value is -0.780. The minimum Gasteiger partial charge on any atom is -0.0620 e. The van der Waals surface area contributed by atoms with Gasteiger partial charge in [0, 0.05) is 0 Å². The Bertz CT molecular complexity index is 556. The van der Waals surface area contributed by atoms with Gasteiger partial charge in [0.05, 0.1) is 0 Å². The quantitative estimate of drug-likeness (QED) is 0.377. The lowest BCUT2D eigenvalue weighted by Gasteiger charge is -2.42. The zero-order valence-corrected chi connectivity index (χ0v) is 21.1. The highest BCUT2D eigenvalue weighted by molar-refractivity contribution is 5.39. The third-order valence-electron chi connectivity index (χ3n) is 5.89. The van der Waals surface area contributed by atoms with Crippen LogP contribution in [-0.4, -0.2) is 0 Å². The van der Waals surface area contributed by atoms with Gasteiger partial charge in [-0.3, -0.25) is 0 Å². The fourth-order valence-electron chi connectivity index (χ4n) is 6.29. The lowest BCUT2D eigenvalue weighted by atomic mass is 9.63. The molecule has 0 nitrogen and oxygen atoms in total. The van der Waals surface area contributed by atoms with Gasteiger partial charge in [-0.25, -0.2) is 0 Å². The first-order chi connectivity index (χ1) is 12.5. The second kappa shape index (κ2) is 8.93. The monoisotopic (exact) mass is 384 g/mol. The summed E-state index contributed by atoms with van der Waals surface area (Å²) in [6.45, 7) is 28.6. The first kappa shape index (κ1) is 25.3. The van der Waals surface area contributed by atoms with Crippen LogP contribution in [0.4, 0.5) is 0 Å². The molecule has 0 N–H and O–H groups in total. The molecular formula is C28H48. The molecule has 28 heavy (non-hydrogen) atoms. The molecular weight excluding hydrogens is 336 g/mol. The summed E-state index contributed by atoms with van der Waals surface area (Å²) < 4.78 is 0. The molecule has 0 fully saturated rings. The van der Waals surface area contributed by atoms with Crippen molar-refractivity contribution in [1.29, 1.82) is 0 Å². The van der Waals surface area contributed by atoms with Crippen molar-refractivity contribution in [3.8, 4) is 0 Å². The van der Waals surface area contributed by atoms with Crippen molar-refractivity contribution in [3.63, 3.8) is 0 Å². The molecule has 1 rings (SSSR count). The summed E-state index contributed by atoms with van der Waals surface area (Å²) in [6, 6.07) is 9.24. The predicted octanol–water partition coefficient (Wildman–Crippen LogP) is 9.08. The van der Waals surface area contributed by atoms with Gasteiger partial charge in [0.2, 0.25) is 0 Å². The van der Waals surface area contributed by atoms with Crippen LogP contribution in [-0.2, 0) is 10.8 Å². The highest BCUT2D eigenvalue weighted by Gasteiger charge is 2.37. The van der Waals surface area contributed by atoms with Gasteiger partial charge in [-0.1, -0.05) is 107 Å². The van der Waals surface area contributed by atoms with Gasteiger partial charge in [-0.15, -0.1) is 0 Å². The van der Waals surface area contributed by atoms with Gasteiger partial charge < -0.3 is 0 Å². The molecule has 0 bridgehead atoms. The van der Waals surface area contributed by atoms with E-state index in [4.69, 9.17) is 0 Å². The maximum Gasteiger partial charge on any atom is -0.00955 e. The molecule has 0 amide bonds. The first-order valence-corrected chi connectivity index (χ1v) is 11.2. The van der Waals surface area contributed by atoms with Crippen LogP contribution in [0.25, 0.3) is 0 Å². The minimum atomic E-state index is 0.157. The Morgan fingerprint density at radius 2 is 0.857 bits per heavy atom. The Morgan fingerprint density at radius 3 is 1.11 bits per heavy atom. The van der Waals surface area contributed by atoms with E-state index in [1.54, 1.807) is 0 Å². The van der Waals surface area contributed by atoms with Crippen LogP contribution in [0.15, 0.2) is 24.3 Å². The summed E-state index contributed by atoms with van der Waals surface area (Å²) in [5.41, 5.74) is 4.01. The van der Waals surface area contributed by atoms with E-state index in [0.717, 1.165) is 0 Å². The SMILES string of the molecule is C[C](C)CC(C)(C)CC(C)(C)c1ccccc1C(C)(C)CC(C)(C)C[C](C)C. The molecule has 0 saturated carbocycles. The van der Waals surface area contributed by atoms with E-state index in [-0.39, 0.29) is 10.8 Å². The second-order valence-electron chi connectivity index (χ2n) is 12.8. The molecule has 0 spiro atoms. The van der Waals surface area contributed by atoms with Gasteiger partial charge in [-0.2, -0.15) is 0 Å². The smallest absolute Gasteiger partial charge is 0.00955 e. The van der Waals surface area contributed by atoms with Crippen LogP contribution in [0.1, 0.15) is 120 Å². The van der Waals surface area contributed by atoms with Crippen molar-refractivity contribution in [2.75, 3.05) is 0 Å². The maximum absolute atomic E-state index is 2.45. The Kier molecular flexibility index (Phi) is 8.05. The summed E-state index contributed by atoms with van der Waals surface area (Å²) in [5.74, 6) is 3.06. The molecule has 2 radical (unpaired) electrons. The lowest BCUT2D eigenvalue weighted by Crippen LogP contribution is -2.33. The van der Waals surface area contributed by atoms with Crippen LogP contribution in [0, 0.1) is 22.7 Å². The highest BCUT2D eigenvalue weighted by Crippen LogP contribution is 2.46. The molecule has 160 valence electrons. The molecule has 0 aliphatic heterocycles. The minimum absolute atomic E-state index is 0.157. The molecule has 0 heteroatoms. The highest BCUT2D eigenvalue weighted by atomic mass is 14.4. The summed E-state index contributed by atoms with van der Waals surface area (Å²) in [6.07, 6.45) is 4.79. The van der Waals surface area contributed by atoms with Gasteiger partial charge in [0.15, 0.2) is 0 Å². The van der Waals surface area contributed by atoms with Gasteiger partial charge >= 0.3 is 0 Å². The molecule has 0 unspecified atom stereocenters. The van der Waals surface area contributed by atoms with E-state index < -0.39 is 0 Å². The van der Waals surface area contributed by atoms with Crippen LogP contribution in [0.3, 0.4) is 0 Å². The topological polar surface area (TPSA) is 0 Å². The number of benzene rings is 1. The zero-order chi connectivity index (χ0) is 22.0. The summed E-state index contributed by atoms with van der Waals surface area (Å²) in [4.78, 5) is 0. The first-order valence-electron chi connectivity index (χ1n) is 11.2. The van der Waals surface area contributed by atoms with Crippen LogP contribution in [0.2, 0.25) is 0 Å². The largest absolute Gasteiger partial charge is 0.0620 e. The molecule has 1 aromatic rings. The summed E-state index contributed by atoms with van der Waals surface area (Å²) in [7, 11) is 0. The fourth-order valence-corrected chi connectivity index (χ4v) is 6.29. The van der Waals surface area contributed by atoms with E-state index in [2.05, 4.69) is 107 Å². The number of rotatable bonds is 10. The average Bonchev–Trinajstić information content (AvgIpc) is 2.41. The van der Waals surface area contributed by atoms with Crippen LogP contribution in [0.5, 0.6) is 0 Å². The van der Waals surface area contributed by atoms with Crippen molar-refractivity contribution in [3.05, 3.63) is 47.2 Å². The van der Waals surface area contributed by atoms with Crippen molar-refractivity contribution in [1.82, 2.24) is 0 Å². The van der Waals surface area contributed by atoms with Crippen LogP contribution < -0.4 is 0 Å². The Morgan fingerprint density at radius 1 is 0.571 bits per heavy atom. The third-order valence-corrected chi connectivity index (χ3v) is 5.89. The Labute approximate surface area is 177 Å². The summed E-state index contributed by atoms with van der Waals surface area (Å²) in [5, 5.41) is 0. The van der Waals surface area contributed by atoms with Crippen molar-refractivity contribution < 1.29 is 0 Å². The van der Waals surface area contributed by atoms with Crippen molar-refractivity contribution in [2.45, 2.75) is 120 Å². The number of hydrogen-bond donors (Lipinski definition) is 0. The van der Waals surface area contributed by atoms with Gasteiger partial charge in [0.1, 0.15) is 0 Å². The van der Waals surface area contributed by atoms with Crippen molar-refractivity contribution in [2.24, 2.45) is 10.8 Å². The third kappa shape index (κ3) is 7.57. The van der Waals surface area contributed by atoms with E-state index >= 15 is 0 Å². The van der Waals surface area contributed by atoms with E-state index in [9.17, 15) is 0 Å². The zero-order valence-electron chi connectivity index (χ0n) is 21.1. The average molecular weight is 385 g/mol. The molecule has 0 aliphatic carbocycles. The second-order valence-corrected chi connectivity index (χ2v) is 12.8. The fraction of sp³-hybridized carbons (Fsp3) is 0.714. The predicted molar refractivity (Wildman–Crippen MR) is 128 cm³/mol. The molecule has 0 saturated heterocycles. The van der Waals surface area contributed by atoms with Gasteiger partial charge in [-0.05, 0) is 70.3 Å². The maximum atomic E-state index is 2.45. The van der Waals surface area contributed by atoms with Crippen LogP contribution >= 0.6 is 0 Å². The van der Waals surface area contributed by atoms with E-state index in [1.807, 2.05) is 0 Å². The lowest BCUT2D eigenvalue weighted by molar-refractivity contribution is 0.229. The molecule has 0 atom stereocenters. The van der Waals surface area contributed by atoms with Crippen molar-refractivity contribution >= 4 is 0 Å². The molecule has 0 heterocycles. The molecule has 0 aliphatic rings. The molecule has 0 aromatic heterocycles. The summed E-state index contributed by atoms with van der Waals surface area (Å²) >= 11 is 0. The number of hydrogen-bond acceptors (Lipinski definition) is 0. The Balaban J connectivity index is 3.24. The van der Waals surface area contributed by atoms with E-state index in [0.29, 0.717) is 10.8 Å². The van der Waals surface area contributed by atoms with Gasteiger partial charge in [0.25, 0.3) is 0 Å². The standard InChI is InChI=1S/C28H48/c1-21(2)17-25(5,6)19-27(9,10)23-15-13-14-16-24(23)28(11,12)20-26(7,8)18-22(3)4/h13-16H,17-20H2,1-12H3.